The molecule has 0 aromatic heterocycles. The van der Waals surface area contributed by atoms with Crippen LogP contribution in [0.4, 0.5) is 0 Å². The summed E-state index contributed by atoms with van der Waals surface area (Å²) in [6.07, 6.45) is 0. The van der Waals surface area contributed by atoms with Crippen LogP contribution in [0, 0.1) is 22.9 Å². The predicted octanol–water partition coefficient (Wildman–Crippen LogP) is 2.31. The van der Waals surface area contributed by atoms with Gasteiger partial charge in [0.25, 0.3) is 5.78 Å². The minimum Gasteiger partial charge on any atom is -0.270 e. The fourth-order valence-corrected chi connectivity index (χ4v) is 1.50. The number of rotatable bonds is 0. The van der Waals surface area contributed by atoms with E-state index in [1.54, 1.807) is 0 Å². The molecule has 0 atom stereocenters. The first kappa shape index (κ1) is 17.1. The van der Waals surface area contributed by atoms with Gasteiger partial charge in [-0.25, -0.2) is 0 Å². The molecule has 0 bridgehead atoms. The van der Waals surface area contributed by atoms with Crippen molar-refractivity contribution in [2.75, 3.05) is 0 Å². The third-order valence-corrected chi connectivity index (χ3v) is 2.85. The molecule has 4 heteroatoms. The summed E-state index contributed by atoms with van der Waals surface area (Å²) in [6.45, 7) is 12.7. The van der Waals surface area contributed by atoms with Crippen molar-refractivity contribution in [1.82, 2.24) is 0 Å². The van der Waals surface area contributed by atoms with Gasteiger partial charge in [0.15, 0.2) is 0 Å². The van der Waals surface area contributed by atoms with Crippen LogP contribution in [0.25, 0.3) is 0 Å². The van der Waals surface area contributed by atoms with E-state index in [1.807, 2.05) is 0 Å². The zero-order valence-electron chi connectivity index (χ0n) is 10.2. The van der Waals surface area contributed by atoms with Gasteiger partial charge >= 0.3 is 0 Å². The number of carbonyl (C=O) groups is 1. The maximum absolute atomic E-state index is 11.2. The number of Topliss-reactive ketones (excluding diaryl/α,β-unsaturated/α-hetero) is 1. The third kappa shape index (κ3) is 13.7. The maximum atomic E-state index is 11.2. The molecule has 0 aliphatic rings. The quantitative estimate of drug-likeness (QED) is 0.492. The van der Waals surface area contributed by atoms with E-state index in [2.05, 4.69) is 62.2 Å². The largest absolute Gasteiger partial charge is 0.277 e. The molecular formula is C11H18CoOSi2. The van der Waals surface area contributed by atoms with Crippen LogP contribution in [0.1, 0.15) is 0 Å². The van der Waals surface area contributed by atoms with E-state index < -0.39 is 16.1 Å². The molecule has 0 rings (SSSR count). The minimum atomic E-state index is -1.43. The molecule has 0 fully saturated rings. The molecule has 0 aromatic rings. The van der Waals surface area contributed by atoms with Crippen molar-refractivity contribution >= 4 is 21.9 Å². The van der Waals surface area contributed by atoms with E-state index in [4.69, 9.17) is 0 Å². The van der Waals surface area contributed by atoms with Crippen molar-refractivity contribution in [2.45, 2.75) is 39.3 Å². The van der Waals surface area contributed by atoms with Gasteiger partial charge in [0, 0.05) is 16.8 Å². The second-order valence-electron chi connectivity index (χ2n) is 5.33. The molecule has 0 aliphatic heterocycles. The number of hydrogen-bond acceptors (Lipinski definition) is 1. The molecule has 85 valence electrons. The van der Waals surface area contributed by atoms with Crippen LogP contribution >= 0.6 is 0 Å². The molecule has 0 saturated carbocycles. The second kappa shape index (κ2) is 6.34. The molecule has 1 nitrogen and oxygen atoms in total. The molecule has 1 radical (unpaired) electrons. The minimum absolute atomic E-state index is 0. The first-order valence-electron chi connectivity index (χ1n) is 4.70. The zero-order chi connectivity index (χ0) is 11.4. The van der Waals surface area contributed by atoms with E-state index >= 15 is 0 Å². The molecule has 0 N–H and O–H groups in total. The summed E-state index contributed by atoms with van der Waals surface area (Å²) < 4.78 is 0. The average Bonchev–Trinajstić information content (AvgIpc) is 1.94. The fourth-order valence-electron chi connectivity index (χ4n) is 0.520. The Balaban J connectivity index is 0. The third-order valence-electron chi connectivity index (χ3n) is 1.10. The van der Waals surface area contributed by atoms with Crippen molar-refractivity contribution in [1.29, 1.82) is 0 Å². The van der Waals surface area contributed by atoms with Gasteiger partial charge in [0.1, 0.15) is 16.1 Å². The first-order valence-corrected chi connectivity index (χ1v) is 11.7. The van der Waals surface area contributed by atoms with Crippen LogP contribution in [0.5, 0.6) is 0 Å². The van der Waals surface area contributed by atoms with E-state index in [1.165, 1.54) is 0 Å². The summed E-state index contributed by atoms with van der Waals surface area (Å²) in [6, 6.07) is 0. The number of carbonyl (C=O) groups excluding carboxylic acids is 1. The molecule has 0 spiro atoms. The van der Waals surface area contributed by atoms with Crippen LogP contribution in [0.3, 0.4) is 0 Å². The SMILES string of the molecule is C[Si](C)(C)C#CC(=O)C#C[Si](C)(C)C.[Co]. The van der Waals surface area contributed by atoms with Crippen LogP contribution in [-0.2, 0) is 21.6 Å². The van der Waals surface area contributed by atoms with Gasteiger partial charge in [-0.1, -0.05) is 39.3 Å². The Morgan fingerprint density at radius 2 is 1.07 bits per heavy atom. The van der Waals surface area contributed by atoms with Gasteiger partial charge in [0.05, 0.1) is 0 Å². The Hall–Kier alpha value is -0.270. The summed E-state index contributed by atoms with van der Waals surface area (Å²) in [4.78, 5) is 11.2. The molecule has 0 heterocycles. The molecular weight excluding hydrogens is 263 g/mol. The summed E-state index contributed by atoms with van der Waals surface area (Å²) in [5.41, 5.74) is 6.02. The van der Waals surface area contributed by atoms with E-state index in [0.717, 1.165) is 0 Å². The van der Waals surface area contributed by atoms with Crippen LogP contribution < -0.4 is 0 Å². The second-order valence-corrected chi connectivity index (χ2v) is 14.8. The van der Waals surface area contributed by atoms with Gasteiger partial charge in [-0.3, -0.25) is 4.79 Å². The number of ketones is 1. The molecule has 0 saturated heterocycles. The van der Waals surface area contributed by atoms with Crippen molar-refractivity contribution in [3.63, 3.8) is 0 Å². The van der Waals surface area contributed by atoms with Crippen molar-refractivity contribution in [2.24, 2.45) is 0 Å². The fraction of sp³-hybridized carbons (Fsp3) is 0.545. The Kier molecular flexibility index (Phi) is 7.25. The monoisotopic (exact) mass is 281 g/mol. The summed E-state index contributed by atoms with van der Waals surface area (Å²) in [5.74, 6) is 5.01. The van der Waals surface area contributed by atoms with Crippen molar-refractivity contribution in [3.05, 3.63) is 0 Å². The van der Waals surface area contributed by atoms with E-state index in [-0.39, 0.29) is 22.6 Å². The Labute approximate surface area is 106 Å². The maximum Gasteiger partial charge on any atom is 0.277 e. The van der Waals surface area contributed by atoms with Gasteiger partial charge < -0.3 is 0 Å². The Morgan fingerprint density at radius 3 is 1.27 bits per heavy atom. The Bertz CT molecular complexity index is 305. The average molecular weight is 281 g/mol. The standard InChI is InChI=1S/C11H18OSi2.Co/c1-13(2,3)9-7-11(12)8-10-14(4,5)6;/h1-6H3;. The number of hydrogen-bond donors (Lipinski definition) is 0. The van der Waals surface area contributed by atoms with Gasteiger partial charge in [-0.05, 0) is 11.8 Å². The Morgan fingerprint density at radius 1 is 0.800 bits per heavy atom. The molecule has 0 unspecified atom stereocenters. The first-order chi connectivity index (χ1) is 6.10. The van der Waals surface area contributed by atoms with Crippen molar-refractivity contribution < 1.29 is 21.6 Å². The van der Waals surface area contributed by atoms with Crippen LogP contribution in [0.2, 0.25) is 39.3 Å². The summed E-state index contributed by atoms with van der Waals surface area (Å²) in [7, 11) is -2.87. The van der Waals surface area contributed by atoms with Crippen molar-refractivity contribution in [3.8, 4) is 22.9 Å². The van der Waals surface area contributed by atoms with Gasteiger partial charge in [0.2, 0.25) is 0 Å². The smallest absolute Gasteiger partial charge is 0.270 e. The van der Waals surface area contributed by atoms with Crippen LogP contribution in [-0.4, -0.2) is 21.9 Å². The topological polar surface area (TPSA) is 17.1 Å². The zero-order valence-corrected chi connectivity index (χ0v) is 13.3. The van der Waals surface area contributed by atoms with Gasteiger partial charge in [-0.2, -0.15) is 0 Å². The van der Waals surface area contributed by atoms with Gasteiger partial charge in [-0.15, -0.1) is 11.1 Å². The molecule has 0 aromatic carbocycles. The predicted molar refractivity (Wildman–Crippen MR) is 67.3 cm³/mol. The summed E-state index contributed by atoms with van der Waals surface area (Å²) in [5, 5.41) is 0. The van der Waals surface area contributed by atoms with E-state index in [0.29, 0.717) is 0 Å². The summed E-state index contributed by atoms with van der Waals surface area (Å²) >= 11 is 0. The van der Waals surface area contributed by atoms with Crippen LogP contribution in [0.15, 0.2) is 0 Å². The molecule has 0 amide bonds. The van der Waals surface area contributed by atoms with E-state index in [9.17, 15) is 4.79 Å². The normalized spacial score (nSPS) is 10.0. The molecule has 15 heavy (non-hydrogen) atoms. The molecule has 0 aliphatic carbocycles.